The number of rotatable bonds is 5. The Hall–Kier alpha value is -3.30. The molecular formula is C16H14F3N3O4. The Morgan fingerprint density at radius 3 is 2.42 bits per heavy atom. The van der Waals surface area contributed by atoms with Crippen molar-refractivity contribution in [2.45, 2.75) is 6.18 Å². The first-order chi connectivity index (χ1) is 12.2. The van der Waals surface area contributed by atoms with Crippen LogP contribution in [0.3, 0.4) is 0 Å². The van der Waals surface area contributed by atoms with Crippen LogP contribution in [0.5, 0.6) is 5.75 Å². The molecular weight excluding hydrogens is 355 g/mol. The highest BCUT2D eigenvalue weighted by Crippen LogP contribution is 2.29. The number of pyridine rings is 1. The van der Waals surface area contributed by atoms with Crippen molar-refractivity contribution in [2.24, 2.45) is 0 Å². The van der Waals surface area contributed by atoms with Crippen molar-refractivity contribution in [3.05, 3.63) is 58.0 Å². The van der Waals surface area contributed by atoms with E-state index < -0.39 is 41.3 Å². The first-order valence-electron chi connectivity index (χ1n) is 7.22. The molecule has 138 valence electrons. The van der Waals surface area contributed by atoms with Gasteiger partial charge in [-0.3, -0.25) is 14.4 Å². The van der Waals surface area contributed by atoms with Crippen LogP contribution in [0.15, 0.2) is 41.3 Å². The van der Waals surface area contributed by atoms with Crippen molar-refractivity contribution in [1.29, 1.82) is 0 Å². The number of ether oxygens (including phenoxy) is 1. The number of methoxy groups -OCH3 is 1. The van der Waals surface area contributed by atoms with Crippen molar-refractivity contribution >= 4 is 17.5 Å². The first kappa shape index (κ1) is 19.0. The molecule has 0 aliphatic heterocycles. The number of nitrogens with one attached hydrogen (secondary N) is 3. The van der Waals surface area contributed by atoms with Gasteiger partial charge < -0.3 is 20.4 Å². The molecule has 1 heterocycles. The number of benzene rings is 1. The van der Waals surface area contributed by atoms with Crippen LogP contribution >= 0.6 is 0 Å². The predicted octanol–water partition coefficient (Wildman–Crippen LogP) is 1.77. The van der Waals surface area contributed by atoms with Gasteiger partial charge in [-0.2, -0.15) is 13.2 Å². The Morgan fingerprint density at radius 1 is 1.19 bits per heavy atom. The van der Waals surface area contributed by atoms with E-state index in [-0.39, 0.29) is 5.56 Å². The summed E-state index contributed by atoms with van der Waals surface area (Å²) in [5.41, 5.74) is -2.32. The summed E-state index contributed by atoms with van der Waals surface area (Å²) < 4.78 is 42.8. The summed E-state index contributed by atoms with van der Waals surface area (Å²) in [7, 11) is 1.47. The molecule has 2 aromatic rings. The van der Waals surface area contributed by atoms with Gasteiger partial charge >= 0.3 is 6.18 Å². The van der Waals surface area contributed by atoms with E-state index in [9.17, 15) is 27.6 Å². The van der Waals surface area contributed by atoms with Gasteiger partial charge in [0.2, 0.25) is 5.91 Å². The average molecular weight is 369 g/mol. The maximum atomic E-state index is 12.6. The number of amides is 2. The SMILES string of the molecule is COc1ccc(C(=O)NCC(=O)Nc2cc(C(F)(F)F)c[nH]c2=O)cc1. The third-order valence-electron chi connectivity index (χ3n) is 3.27. The van der Waals surface area contributed by atoms with E-state index >= 15 is 0 Å². The Bertz CT molecular complexity index is 860. The second kappa shape index (κ2) is 7.72. The summed E-state index contributed by atoms with van der Waals surface area (Å²) >= 11 is 0. The highest BCUT2D eigenvalue weighted by Gasteiger charge is 2.31. The van der Waals surface area contributed by atoms with Crippen LogP contribution in [0.2, 0.25) is 0 Å². The summed E-state index contributed by atoms with van der Waals surface area (Å²) in [5.74, 6) is -0.875. The normalized spacial score (nSPS) is 10.9. The predicted molar refractivity (Wildman–Crippen MR) is 86.0 cm³/mol. The van der Waals surface area contributed by atoms with Gasteiger partial charge in [0.25, 0.3) is 11.5 Å². The number of halogens is 3. The quantitative estimate of drug-likeness (QED) is 0.748. The van der Waals surface area contributed by atoms with Crippen molar-refractivity contribution in [2.75, 3.05) is 19.0 Å². The minimum absolute atomic E-state index is 0.260. The van der Waals surface area contributed by atoms with Gasteiger partial charge in [-0.25, -0.2) is 0 Å². The lowest BCUT2D eigenvalue weighted by atomic mass is 10.2. The molecule has 0 saturated heterocycles. The monoisotopic (exact) mass is 369 g/mol. The maximum absolute atomic E-state index is 12.6. The molecule has 26 heavy (non-hydrogen) atoms. The second-order valence-corrected chi connectivity index (χ2v) is 5.09. The van der Waals surface area contributed by atoms with Crippen LogP contribution in [0.4, 0.5) is 18.9 Å². The molecule has 7 nitrogen and oxygen atoms in total. The number of aromatic amines is 1. The molecule has 0 aliphatic rings. The fourth-order valence-corrected chi connectivity index (χ4v) is 1.94. The number of carbonyl (C=O) groups is 2. The number of hydrogen-bond acceptors (Lipinski definition) is 4. The molecule has 10 heteroatoms. The topological polar surface area (TPSA) is 100 Å². The van der Waals surface area contributed by atoms with E-state index in [4.69, 9.17) is 4.74 Å². The van der Waals surface area contributed by atoms with E-state index in [0.717, 1.165) is 0 Å². The van der Waals surface area contributed by atoms with Crippen LogP contribution in [-0.2, 0) is 11.0 Å². The Morgan fingerprint density at radius 2 is 1.85 bits per heavy atom. The molecule has 3 N–H and O–H groups in total. The largest absolute Gasteiger partial charge is 0.497 e. The highest BCUT2D eigenvalue weighted by atomic mass is 19.4. The van der Waals surface area contributed by atoms with E-state index in [1.54, 1.807) is 12.1 Å². The molecule has 0 atom stereocenters. The molecule has 0 unspecified atom stereocenters. The fraction of sp³-hybridized carbons (Fsp3) is 0.188. The molecule has 0 fully saturated rings. The van der Waals surface area contributed by atoms with Gasteiger partial charge in [0.1, 0.15) is 11.4 Å². The lowest BCUT2D eigenvalue weighted by Gasteiger charge is -2.10. The fourth-order valence-electron chi connectivity index (χ4n) is 1.94. The van der Waals surface area contributed by atoms with Crippen molar-refractivity contribution < 1.29 is 27.5 Å². The molecule has 0 aliphatic carbocycles. The van der Waals surface area contributed by atoms with Crippen LogP contribution in [0, 0.1) is 0 Å². The standard InChI is InChI=1S/C16H14F3N3O4/c1-26-11-4-2-9(3-5-11)14(24)21-8-13(23)22-12-6-10(16(17,18)19)7-20-15(12)25/h2-7H,8H2,1H3,(H,20,25)(H,21,24)(H,22,23). The van der Waals surface area contributed by atoms with Crippen LogP contribution < -0.4 is 20.9 Å². The van der Waals surface area contributed by atoms with Crippen LogP contribution in [-0.4, -0.2) is 30.5 Å². The minimum Gasteiger partial charge on any atom is -0.497 e. The smallest absolute Gasteiger partial charge is 0.417 e. The van der Waals surface area contributed by atoms with Crippen molar-refractivity contribution in [3.63, 3.8) is 0 Å². The zero-order valence-corrected chi connectivity index (χ0v) is 13.4. The Labute approximate surface area is 145 Å². The number of alkyl halides is 3. The van der Waals surface area contributed by atoms with Gasteiger partial charge in [-0.1, -0.05) is 0 Å². The van der Waals surface area contributed by atoms with E-state index in [1.165, 1.54) is 19.2 Å². The summed E-state index contributed by atoms with van der Waals surface area (Å²) in [5, 5.41) is 4.32. The number of aromatic nitrogens is 1. The molecule has 0 bridgehead atoms. The summed E-state index contributed by atoms with van der Waals surface area (Å²) in [4.78, 5) is 37.1. The second-order valence-electron chi connectivity index (χ2n) is 5.09. The molecule has 1 aromatic heterocycles. The maximum Gasteiger partial charge on any atom is 0.417 e. The Kier molecular flexibility index (Phi) is 5.65. The lowest BCUT2D eigenvalue weighted by Crippen LogP contribution is -2.34. The van der Waals surface area contributed by atoms with Crippen LogP contribution in [0.1, 0.15) is 15.9 Å². The summed E-state index contributed by atoms with van der Waals surface area (Å²) in [6.07, 6.45) is -4.17. The van der Waals surface area contributed by atoms with E-state index in [2.05, 4.69) is 5.32 Å². The highest BCUT2D eigenvalue weighted by molar-refractivity contribution is 5.99. The summed E-state index contributed by atoms with van der Waals surface area (Å²) in [6.45, 7) is -0.527. The molecule has 1 aromatic carbocycles. The van der Waals surface area contributed by atoms with E-state index in [1.807, 2.05) is 10.3 Å². The number of H-pyrrole nitrogens is 1. The zero-order valence-electron chi connectivity index (χ0n) is 13.4. The Balaban J connectivity index is 1.98. The molecule has 2 amide bonds. The number of hydrogen-bond donors (Lipinski definition) is 3. The van der Waals surface area contributed by atoms with Crippen molar-refractivity contribution in [1.82, 2.24) is 10.3 Å². The number of carbonyl (C=O) groups excluding carboxylic acids is 2. The van der Waals surface area contributed by atoms with E-state index in [0.29, 0.717) is 18.0 Å². The molecule has 0 radical (unpaired) electrons. The molecule has 0 saturated carbocycles. The van der Waals surface area contributed by atoms with Gasteiger partial charge in [0, 0.05) is 11.8 Å². The summed E-state index contributed by atoms with van der Waals surface area (Å²) in [6, 6.07) is 6.57. The number of anilines is 1. The third-order valence-corrected chi connectivity index (χ3v) is 3.27. The van der Waals surface area contributed by atoms with Gasteiger partial charge in [0.05, 0.1) is 19.2 Å². The third kappa shape index (κ3) is 4.85. The average Bonchev–Trinajstić information content (AvgIpc) is 2.60. The first-order valence-corrected chi connectivity index (χ1v) is 7.22. The van der Waals surface area contributed by atoms with Gasteiger partial charge in [0.15, 0.2) is 0 Å². The minimum atomic E-state index is -4.67. The van der Waals surface area contributed by atoms with Gasteiger partial charge in [-0.15, -0.1) is 0 Å². The lowest BCUT2D eigenvalue weighted by molar-refractivity contribution is -0.137. The van der Waals surface area contributed by atoms with Gasteiger partial charge in [-0.05, 0) is 30.3 Å². The van der Waals surface area contributed by atoms with Crippen LogP contribution in [0.25, 0.3) is 0 Å². The molecule has 2 rings (SSSR count). The zero-order chi connectivity index (χ0) is 19.3. The molecule has 0 spiro atoms. The van der Waals surface area contributed by atoms with Crippen molar-refractivity contribution in [3.8, 4) is 5.75 Å².